The summed E-state index contributed by atoms with van der Waals surface area (Å²) < 4.78 is 16.6. The van der Waals surface area contributed by atoms with E-state index in [1.165, 1.54) is 7.11 Å². The van der Waals surface area contributed by atoms with E-state index in [9.17, 15) is 14.4 Å². The van der Waals surface area contributed by atoms with Crippen molar-refractivity contribution < 1.29 is 28.6 Å². The van der Waals surface area contributed by atoms with Crippen LogP contribution < -0.4 is 10.1 Å². The molecule has 0 saturated heterocycles. The SMILES string of the molecule is COC(=O)[C@H]1C(=O)C2=C(C[C@H]1C)NC(C)=C(C(=O)OC1CCCCCC1)[C@H]2c1ccccc1OC. The van der Waals surface area contributed by atoms with Crippen LogP contribution >= 0.6 is 0 Å². The Labute approximate surface area is 206 Å². The fraction of sp³-hybridized carbons (Fsp3) is 0.536. The van der Waals surface area contributed by atoms with Gasteiger partial charge in [0, 0.05) is 22.5 Å². The second-order valence-electron chi connectivity index (χ2n) is 9.80. The second-order valence-corrected chi connectivity index (χ2v) is 9.80. The van der Waals surface area contributed by atoms with E-state index in [2.05, 4.69) is 5.32 Å². The van der Waals surface area contributed by atoms with Crippen LogP contribution in [0.5, 0.6) is 5.75 Å². The van der Waals surface area contributed by atoms with Gasteiger partial charge in [0.05, 0.1) is 25.7 Å². The van der Waals surface area contributed by atoms with Gasteiger partial charge in [0.1, 0.15) is 17.8 Å². The molecule has 1 N–H and O–H groups in total. The number of carbonyl (C=O) groups excluding carboxylic acids is 3. The largest absolute Gasteiger partial charge is 0.496 e. The zero-order chi connectivity index (χ0) is 25.1. The highest BCUT2D eigenvalue weighted by Crippen LogP contribution is 2.47. The third kappa shape index (κ3) is 4.86. The molecule has 35 heavy (non-hydrogen) atoms. The van der Waals surface area contributed by atoms with Gasteiger partial charge in [0.2, 0.25) is 0 Å². The summed E-state index contributed by atoms with van der Waals surface area (Å²) in [7, 11) is 2.86. The van der Waals surface area contributed by atoms with Gasteiger partial charge in [-0.1, -0.05) is 38.0 Å². The van der Waals surface area contributed by atoms with Crippen molar-refractivity contribution in [2.45, 2.75) is 70.8 Å². The number of hydrogen-bond acceptors (Lipinski definition) is 7. The van der Waals surface area contributed by atoms with Gasteiger partial charge in [-0.05, 0) is 51.0 Å². The molecule has 3 atom stereocenters. The van der Waals surface area contributed by atoms with Crippen molar-refractivity contribution in [3.05, 3.63) is 52.4 Å². The molecule has 0 amide bonds. The van der Waals surface area contributed by atoms with Gasteiger partial charge >= 0.3 is 11.9 Å². The molecule has 7 nitrogen and oxygen atoms in total. The van der Waals surface area contributed by atoms with Gasteiger partial charge in [-0.2, -0.15) is 0 Å². The van der Waals surface area contributed by atoms with Crippen LogP contribution in [-0.2, 0) is 23.9 Å². The summed E-state index contributed by atoms with van der Waals surface area (Å²) in [6.07, 6.45) is 6.43. The summed E-state index contributed by atoms with van der Waals surface area (Å²) >= 11 is 0. The van der Waals surface area contributed by atoms with Crippen molar-refractivity contribution >= 4 is 17.7 Å². The van der Waals surface area contributed by atoms with E-state index in [1.807, 2.05) is 38.1 Å². The number of benzene rings is 1. The van der Waals surface area contributed by atoms with E-state index in [0.717, 1.165) is 44.2 Å². The van der Waals surface area contributed by atoms with Crippen molar-refractivity contribution in [3.8, 4) is 5.75 Å². The number of ether oxygens (including phenoxy) is 3. The van der Waals surface area contributed by atoms with Gasteiger partial charge in [-0.25, -0.2) is 4.79 Å². The number of allylic oxidation sites excluding steroid dienone is 3. The quantitative estimate of drug-likeness (QED) is 0.374. The van der Waals surface area contributed by atoms with Gasteiger partial charge in [0.25, 0.3) is 0 Å². The Morgan fingerprint density at radius 1 is 1.03 bits per heavy atom. The zero-order valence-corrected chi connectivity index (χ0v) is 21.0. The first kappa shape index (κ1) is 25.0. The zero-order valence-electron chi connectivity index (χ0n) is 21.0. The molecule has 1 aliphatic heterocycles. The minimum Gasteiger partial charge on any atom is -0.496 e. The van der Waals surface area contributed by atoms with Gasteiger partial charge in [0.15, 0.2) is 5.78 Å². The Hall–Kier alpha value is -3.09. The Morgan fingerprint density at radius 2 is 1.71 bits per heavy atom. The molecule has 188 valence electrons. The van der Waals surface area contributed by atoms with Crippen LogP contribution in [0.15, 0.2) is 46.8 Å². The topological polar surface area (TPSA) is 90.9 Å². The number of methoxy groups -OCH3 is 2. The molecule has 1 aromatic rings. The average molecular weight is 482 g/mol. The predicted octanol–water partition coefficient (Wildman–Crippen LogP) is 4.57. The molecule has 0 aromatic heterocycles. The Kier molecular flexibility index (Phi) is 7.63. The fourth-order valence-corrected chi connectivity index (χ4v) is 5.74. The smallest absolute Gasteiger partial charge is 0.337 e. The number of esters is 2. The van der Waals surface area contributed by atoms with E-state index < -0.39 is 23.8 Å². The summed E-state index contributed by atoms with van der Waals surface area (Å²) in [6, 6.07) is 7.39. The lowest BCUT2D eigenvalue weighted by atomic mass is 9.69. The van der Waals surface area contributed by atoms with E-state index in [4.69, 9.17) is 14.2 Å². The Bertz CT molecular complexity index is 1060. The average Bonchev–Trinajstić information content (AvgIpc) is 3.11. The van der Waals surface area contributed by atoms with Gasteiger partial charge < -0.3 is 19.5 Å². The van der Waals surface area contributed by atoms with Crippen molar-refractivity contribution in [2.24, 2.45) is 11.8 Å². The highest BCUT2D eigenvalue weighted by molar-refractivity contribution is 6.12. The Morgan fingerprint density at radius 3 is 2.37 bits per heavy atom. The van der Waals surface area contributed by atoms with Crippen molar-refractivity contribution in [2.75, 3.05) is 14.2 Å². The highest BCUT2D eigenvalue weighted by atomic mass is 16.5. The standard InChI is InChI=1S/C28H35NO6/c1-16-15-20-25(26(30)22(16)27(31)34-4)24(19-13-9-10-14-21(19)33-3)23(17(2)29-20)28(32)35-18-11-7-5-6-8-12-18/h9-10,13-14,16,18,22,24,29H,5-8,11-12,15H2,1-4H3/t16-,22-,24-/m1/s1. The molecule has 3 aliphatic rings. The summed E-state index contributed by atoms with van der Waals surface area (Å²) in [5, 5.41) is 3.32. The second kappa shape index (κ2) is 10.7. The number of para-hydroxylation sites is 1. The minimum atomic E-state index is -0.921. The lowest BCUT2D eigenvalue weighted by molar-refractivity contribution is -0.151. The van der Waals surface area contributed by atoms with E-state index in [-0.39, 0.29) is 17.8 Å². The molecule has 1 aromatic carbocycles. The van der Waals surface area contributed by atoms with E-state index in [1.54, 1.807) is 7.11 Å². The number of ketones is 1. The first-order valence-electron chi connectivity index (χ1n) is 12.5. The third-order valence-electron chi connectivity index (χ3n) is 7.49. The highest BCUT2D eigenvalue weighted by Gasteiger charge is 2.48. The van der Waals surface area contributed by atoms with Crippen molar-refractivity contribution in [1.82, 2.24) is 5.32 Å². The molecule has 0 spiro atoms. The fourth-order valence-electron chi connectivity index (χ4n) is 5.74. The number of Topliss-reactive ketones (excluding diaryl/α,β-unsaturated/α-hetero) is 1. The Balaban J connectivity index is 1.80. The molecule has 4 rings (SSSR count). The summed E-state index contributed by atoms with van der Waals surface area (Å²) in [5.74, 6) is -2.58. The van der Waals surface area contributed by atoms with Crippen molar-refractivity contribution in [1.29, 1.82) is 0 Å². The first-order valence-corrected chi connectivity index (χ1v) is 12.5. The summed E-state index contributed by atoms with van der Waals surface area (Å²) in [5.41, 5.74) is 2.91. The van der Waals surface area contributed by atoms with Gasteiger partial charge in [-0.3, -0.25) is 9.59 Å². The summed E-state index contributed by atoms with van der Waals surface area (Å²) in [4.78, 5) is 40.1. The maximum absolute atomic E-state index is 13.8. The van der Waals surface area contributed by atoms with E-state index in [0.29, 0.717) is 34.6 Å². The maximum Gasteiger partial charge on any atom is 0.337 e. The van der Waals surface area contributed by atoms with Crippen LogP contribution in [0, 0.1) is 11.8 Å². The van der Waals surface area contributed by atoms with Crippen molar-refractivity contribution in [3.63, 3.8) is 0 Å². The van der Waals surface area contributed by atoms with E-state index >= 15 is 0 Å². The molecular weight excluding hydrogens is 446 g/mol. The predicted molar refractivity (Wildman–Crippen MR) is 130 cm³/mol. The molecule has 7 heteroatoms. The first-order chi connectivity index (χ1) is 16.9. The van der Waals surface area contributed by atoms with Crippen LogP contribution in [0.4, 0.5) is 0 Å². The third-order valence-corrected chi connectivity index (χ3v) is 7.49. The van der Waals surface area contributed by atoms with Gasteiger partial charge in [-0.15, -0.1) is 0 Å². The number of carbonyl (C=O) groups is 3. The number of dihydropyridines is 1. The maximum atomic E-state index is 13.8. The molecular formula is C28H35NO6. The van der Waals surface area contributed by atoms with Crippen LogP contribution in [-0.4, -0.2) is 38.0 Å². The minimum absolute atomic E-state index is 0.135. The molecule has 1 saturated carbocycles. The monoisotopic (exact) mass is 481 g/mol. The molecule has 0 bridgehead atoms. The molecule has 0 unspecified atom stereocenters. The molecule has 1 heterocycles. The number of rotatable bonds is 5. The van der Waals surface area contributed by atoms with Crippen LogP contribution in [0.1, 0.15) is 70.3 Å². The van der Waals surface area contributed by atoms with Crippen LogP contribution in [0.3, 0.4) is 0 Å². The van der Waals surface area contributed by atoms with Crippen LogP contribution in [0.2, 0.25) is 0 Å². The normalized spacial score (nSPS) is 25.4. The molecule has 0 radical (unpaired) electrons. The number of nitrogens with one attached hydrogen (secondary N) is 1. The summed E-state index contributed by atoms with van der Waals surface area (Å²) in [6.45, 7) is 3.72. The lowest BCUT2D eigenvalue weighted by Crippen LogP contribution is -2.43. The molecule has 2 aliphatic carbocycles. The molecule has 1 fully saturated rings. The lowest BCUT2D eigenvalue weighted by Gasteiger charge is -2.38. The number of hydrogen-bond donors (Lipinski definition) is 1. The van der Waals surface area contributed by atoms with Crippen LogP contribution in [0.25, 0.3) is 0 Å².